The summed E-state index contributed by atoms with van der Waals surface area (Å²) < 4.78 is 0. The van der Waals surface area contributed by atoms with Crippen LogP contribution in [0.4, 0.5) is 0 Å². The van der Waals surface area contributed by atoms with Crippen molar-refractivity contribution in [2.75, 3.05) is 0 Å². The maximum atomic E-state index is 2.40. The van der Waals surface area contributed by atoms with Crippen LogP contribution in [0.2, 0.25) is 0 Å². The van der Waals surface area contributed by atoms with E-state index in [1.165, 1.54) is 38.5 Å². The molecule has 90 valence electrons. The summed E-state index contributed by atoms with van der Waals surface area (Å²) in [5.74, 6) is 2.93. The molecule has 2 unspecified atom stereocenters. The first kappa shape index (κ1) is 13.1. The summed E-state index contributed by atoms with van der Waals surface area (Å²) in [4.78, 5) is 0. The Morgan fingerprint density at radius 1 is 1.00 bits per heavy atom. The standard InChI is InChI=1S/C15H30/c1-12(2)10-13-8-6-7-9-14(13)11-15(3,4)5/h12-14H,6-11H2,1-5H3. The van der Waals surface area contributed by atoms with Gasteiger partial charge in [-0.05, 0) is 36.0 Å². The highest BCUT2D eigenvalue weighted by Crippen LogP contribution is 2.40. The van der Waals surface area contributed by atoms with Gasteiger partial charge in [-0.1, -0.05) is 60.3 Å². The topological polar surface area (TPSA) is 0 Å². The van der Waals surface area contributed by atoms with Crippen LogP contribution in [-0.4, -0.2) is 0 Å². The van der Waals surface area contributed by atoms with E-state index in [-0.39, 0.29) is 0 Å². The predicted molar refractivity (Wildman–Crippen MR) is 69.0 cm³/mol. The fourth-order valence-corrected chi connectivity index (χ4v) is 3.26. The van der Waals surface area contributed by atoms with Crippen LogP contribution in [-0.2, 0) is 0 Å². The van der Waals surface area contributed by atoms with Crippen LogP contribution < -0.4 is 0 Å². The van der Waals surface area contributed by atoms with Crippen molar-refractivity contribution >= 4 is 0 Å². The van der Waals surface area contributed by atoms with Crippen molar-refractivity contribution in [3.05, 3.63) is 0 Å². The minimum Gasteiger partial charge on any atom is -0.0628 e. The van der Waals surface area contributed by atoms with Gasteiger partial charge in [-0.15, -0.1) is 0 Å². The van der Waals surface area contributed by atoms with E-state index < -0.39 is 0 Å². The molecule has 1 saturated carbocycles. The van der Waals surface area contributed by atoms with E-state index in [9.17, 15) is 0 Å². The molecule has 0 spiro atoms. The average molecular weight is 210 g/mol. The SMILES string of the molecule is CC(C)CC1CCCCC1CC(C)(C)C. The van der Waals surface area contributed by atoms with Gasteiger partial charge < -0.3 is 0 Å². The molecule has 1 fully saturated rings. The van der Waals surface area contributed by atoms with Crippen molar-refractivity contribution in [1.82, 2.24) is 0 Å². The smallest absolute Gasteiger partial charge is 0.0380 e. The van der Waals surface area contributed by atoms with E-state index in [2.05, 4.69) is 34.6 Å². The highest BCUT2D eigenvalue weighted by molar-refractivity contribution is 4.80. The van der Waals surface area contributed by atoms with Crippen LogP contribution in [0, 0.1) is 23.2 Å². The predicted octanol–water partition coefficient (Wildman–Crippen LogP) is 5.28. The van der Waals surface area contributed by atoms with Gasteiger partial charge in [0.25, 0.3) is 0 Å². The minimum absolute atomic E-state index is 0.525. The number of hydrogen-bond acceptors (Lipinski definition) is 0. The summed E-state index contributed by atoms with van der Waals surface area (Å²) in [7, 11) is 0. The van der Waals surface area contributed by atoms with Gasteiger partial charge >= 0.3 is 0 Å². The lowest BCUT2D eigenvalue weighted by Crippen LogP contribution is -2.25. The third kappa shape index (κ3) is 5.04. The molecule has 0 amide bonds. The van der Waals surface area contributed by atoms with Gasteiger partial charge in [0.2, 0.25) is 0 Å². The second kappa shape index (κ2) is 5.37. The van der Waals surface area contributed by atoms with Crippen molar-refractivity contribution in [2.24, 2.45) is 23.2 Å². The monoisotopic (exact) mass is 210 g/mol. The van der Waals surface area contributed by atoms with Crippen molar-refractivity contribution in [2.45, 2.75) is 73.1 Å². The molecule has 2 atom stereocenters. The van der Waals surface area contributed by atoms with Crippen LogP contribution in [0.3, 0.4) is 0 Å². The molecular weight excluding hydrogens is 180 g/mol. The van der Waals surface area contributed by atoms with Gasteiger partial charge in [0.1, 0.15) is 0 Å². The highest BCUT2D eigenvalue weighted by Gasteiger charge is 2.28. The molecule has 1 aliphatic carbocycles. The van der Waals surface area contributed by atoms with Gasteiger partial charge in [0.15, 0.2) is 0 Å². The Kier molecular flexibility index (Phi) is 4.67. The lowest BCUT2D eigenvalue weighted by Gasteiger charge is -2.36. The minimum atomic E-state index is 0.525. The van der Waals surface area contributed by atoms with Crippen molar-refractivity contribution in [3.8, 4) is 0 Å². The zero-order chi connectivity index (χ0) is 11.5. The molecular formula is C15H30. The van der Waals surface area contributed by atoms with E-state index in [4.69, 9.17) is 0 Å². The fraction of sp³-hybridized carbons (Fsp3) is 1.00. The third-order valence-corrected chi connectivity index (χ3v) is 3.72. The van der Waals surface area contributed by atoms with Crippen LogP contribution in [0.1, 0.15) is 73.1 Å². The van der Waals surface area contributed by atoms with Gasteiger partial charge in [0.05, 0.1) is 0 Å². The second-order valence-corrected chi connectivity index (χ2v) is 7.20. The molecule has 1 aliphatic rings. The van der Waals surface area contributed by atoms with Gasteiger partial charge in [-0.2, -0.15) is 0 Å². The summed E-state index contributed by atoms with van der Waals surface area (Å²) in [6.45, 7) is 11.9. The Morgan fingerprint density at radius 2 is 1.53 bits per heavy atom. The zero-order valence-corrected chi connectivity index (χ0v) is 11.5. The molecule has 0 heterocycles. The first-order valence-electron chi connectivity index (χ1n) is 6.88. The summed E-state index contributed by atoms with van der Waals surface area (Å²) in [6.07, 6.45) is 8.85. The Balaban J connectivity index is 2.50. The largest absolute Gasteiger partial charge is 0.0628 e. The quantitative estimate of drug-likeness (QED) is 0.595. The molecule has 0 aromatic carbocycles. The van der Waals surface area contributed by atoms with Crippen LogP contribution >= 0.6 is 0 Å². The number of hydrogen-bond donors (Lipinski definition) is 0. The van der Waals surface area contributed by atoms with Crippen molar-refractivity contribution in [1.29, 1.82) is 0 Å². The molecule has 0 saturated heterocycles. The lowest BCUT2D eigenvalue weighted by atomic mass is 9.69. The molecule has 0 aromatic rings. The maximum absolute atomic E-state index is 2.40. The fourth-order valence-electron chi connectivity index (χ4n) is 3.26. The maximum Gasteiger partial charge on any atom is -0.0380 e. The summed E-state index contributed by atoms with van der Waals surface area (Å²) in [5, 5.41) is 0. The van der Waals surface area contributed by atoms with E-state index in [1.54, 1.807) is 0 Å². The first-order chi connectivity index (χ1) is 6.88. The van der Waals surface area contributed by atoms with Crippen LogP contribution in [0.5, 0.6) is 0 Å². The normalized spacial score (nSPS) is 28.4. The third-order valence-electron chi connectivity index (χ3n) is 3.72. The zero-order valence-electron chi connectivity index (χ0n) is 11.5. The Hall–Kier alpha value is 0. The van der Waals surface area contributed by atoms with Crippen LogP contribution in [0.15, 0.2) is 0 Å². The molecule has 1 rings (SSSR count). The highest BCUT2D eigenvalue weighted by atomic mass is 14.3. The summed E-state index contributed by atoms with van der Waals surface area (Å²) >= 11 is 0. The molecule has 0 aliphatic heterocycles. The molecule has 0 nitrogen and oxygen atoms in total. The Morgan fingerprint density at radius 3 is 2.00 bits per heavy atom. The molecule has 0 heteroatoms. The van der Waals surface area contributed by atoms with Gasteiger partial charge in [-0.3, -0.25) is 0 Å². The molecule has 15 heavy (non-hydrogen) atoms. The van der Waals surface area contributed by atoms with E-state index in [0.29, 0.717) is 5.41 Å². The Bertz CT molecular complexity index is 173. The number of rotatable bonds is 3. The molecule has 0 bridgehead atoms. The van der Waals surface area contributed by atoms with E-state index >= 15 is 0 Å². The molecule has 0 aromatic heterocycles. The summed E-state index contributed by atoms with van der Waals surface area (Å²) in [6, 6.07) is 0. The average Bonchev–Trinajstić information content (AvgIpc) is 2.05. The molecule has 0 radical (unpaired) electrons. The van der Waals surface area contributed by atoms with Gasteiger partial charge in [0, 0.05) is 0 Å². The van der Waals surface area contributed by atoms with E-state index in [1.807, 2.05) is 0 Å². The van der Waals surface area contributed by atoms with Crippen molar-refractivity contribution in [3.63, 3.8) is 0 Å². The second-order valence-electron chi connectivity index (χ2n) is 7.20. The van der Waals surface area contributed by atoms with E-state index in [0.717, 1.165) is 17.8 Å². The lowest BCUT2D eigenvalue weighted by molar-refractivity contribution is 0.148. The van der Waals surface area contributed by atoms with Gasteiger partial charge in [-0.25, -0.2) is 0 Å². The van der Waals surface area contributed by atoms with Crippen molar-refractivity contribution < 1.29 is 0 Å². The molecule has 0 N–H and O–H groups in total. The summed E-state index contributed by atoms with van der Waals surface area (Å²) in [5.41, 5.74) is 0.525. The van der Waals surface area contributed by atoms with Crippen LogP contribution in [0.25, 0.3) is 0 Å². The first-order valence-corrected chi connectivity index (χ1v) is 6.88. The Labute approximate surface area is 96.8 Å².